The molecular formula is C15H12N2O7. The van der Waals surface area contributed by atoms with Crippen LogP contribution in [0.2, 0.25) is 0 Å². The van der Waals surface area contributed by atoms with E-state index in [-0.39, 0.29) is 22.7 Å². The first kappa shape index (κ1) is 16.7. The number of carboxylic acid groups (broad SMARTS) is 1. The summed E-state index contributed by atoms with van der Waals surface area (Å²) in [5.74, 6) is -2.48. The third-order valence-electron chi connectivity index (χ3n) is 2.93. The highest BCUT2D eigenvalue weighted by Crippen LogP contribution is 2.26. The summed E-state index contributed by atoms with van der Waals surface area (Å²) in [4.78, 5) is 32.8. The van der Waals surface area contributed by atoms with E-state index >= 15 is 0 Å². The second kappa shape index (κ2) is 7.09. The molecule has 0 unspecified atom stereocenters. The van der Waals surface area contributed by atoms with Crippen LogP contribution in [-0.2, 0) is 4.79 Å². The molecule has 0 fully saturated rings. The molecule has 9 nitrogen and oxygen atoms in total. The van der Waals surface area contributed by atoms with Crippen LogP contribution in [-0.4, -0.2) is 33.6 Å². The number of anilines is 1. The molecule has 0 aliphatic rings. The molecule has 0 saturated heterocycles. The van der Waals surface area contributed by atoms with Crippen LogP contribution in [0.5, 0.6) is 11.5 Å². The van der Waals surface area contributed by atoms with Crippen LogP contribution in [0, 0.1) is 10.1 Å². The van der Waals surface area contributed by atoms with Gasteiger partial charge in [0.15, 0.2) is 12.4 Å². The number of aromatic carboxylic acids is 1. The summed E-state index contributed by atoms with van der Waals surface area (Å²) in [6.45, 7) is -0.494. The van der Waals surface area contributed by atoms with Gasteiger partial charge in [0.1, 0.15) is 11.3 Å². The second-order valence-corrected chi connectivity index (χ2v) is 4.60. The van der Waals surface area contributed by atoms with Gasteiger partial charge in [-0.1, -0.05) is 12.1 Å². The highest BCUT2D eigenvalue weighted by atomic mass is 16.6. The molecule has 3 N–H and O–H groups in total. The highest BCUT2D eigenvalue weighted by Gasteiger charge is 2.15. The third-order valence-corrected chi connectivity index (χ3v) is 2.93. The Labute approximate surface area is 135 Å². The van der Waals surface area contributed by atoms with Crippen LogP contribution in [0.1, 0.15) is 10.4 Å². The Morgan fingerprint density at radius 2 is 1.92 bits per heavy atom. The lowest BCUT2D eigenvalue weighted by Gasteiger charge is -2.08. The van der Waals surface area contributed by atoms with Gasteiger partial charge < -0.3 is 20.3 Å². The van der Waals surface area contributed by atoms with E-state index in [2.05, 4.69) is 5.32 Å². The van der Waals surface area contributed by atoms with Gasteiger partial charge in [0.2, 0.25) is 0 Å². The summed E-state index contributed by atoms with van der Waals surface area (Å²) >= 11 is 0. The number of nitrogens with one attached hydrogen (secondary N) is 1. The predicted octanol–water partition coefficient (Wildman–Crippen LogP) is 2.02. The van der Waals surface area contributed by atoms with E-state index in [9.17, 15) is 24.8 Å². The summed E-state index contributed by atoms with van der Waals surface area (Å²) in [7, 11) is 0. The van der Waals surface area contributed by atoms with Gasteiger partial charge >= 0.3 is 11.7 Å². The SMILES string of the molecule is O=C(COc1ccccc1[N+](=O)[O-])Nc1ccc(C(=O)O)c(O)c1. The van der Waals surface area contributed by atoms with E-state index in [1.54, 1.807) is 0 Å². The Morgan fingerprint density at radius 3 is 2.54 bits per heavy atom. The lowest BCUT2D eigenvalue weighted by atomic mass is 10.2. The molecule has 0 aliphatic carbocycles. The van der Waals surface area contributed by atoms with Crippen molar-refractivity contribution in [2.24, 2.45) is 0 Å². The van der Waals surface area contributed by atoms with Gasteiger partial charge in [0, 0.05) is 17.8 Å². The molecule has 0 bridgehead atoms. The number of phenols is 1. The van der Waals surface area contributed by atoms with Crippen LogP contribution in [0.4, 0.5) is 11.4 Å². The number of benzene rings is 2. The Hall–Kier alpha value is -3.62. The standard InChI is InChI=1S/C15H12N2O7/c18-12-7-9(5-6-10(12)15(20)21)16-14(19)8-24-13-4-2-1-3-11(13)17(22)23/h1-7,18H,8H2,(H,16,19)(H,20,21). The van der Waals surface area contributed by atoms with Crippen LogP contribution < -0.4 is 10.1 Å². The molecular weight excluding hydrogens is 320 g/mol. The van der Waals surface area contributed by atoms with E-state index in [1.807, 2.05) is 0 Å². The molecule has 2 aromatic carbocycles. The fourth-order valence-corrected chi connectivity index (χ4v) is 1.86. The van der Waals surface area contributed by atoms with E-state index in [0.717, 1.165) is 12.1 Å². The molecule has 24 heavy (non-hydrogen) atoms. The topological polar surface area (TPSA) is 139 Å². The average Bonchev–Trinajstić information content (AvgIpc) is 2.52. The van der Waals surface area contributed by atoms with Crippen LogP contribution >= 0.6 is 0 Å². The Kier molecular flexibility index (Phi) is 4.95. The van der Waals surface area contributed by atoms with E-state index in [1.165, 1.54) is 30.3 Å². The first-order valence-corrected chi connectivity index (χ1v) is 6.61. The lowest BCUT2D eigenvalue weighted by molar-refractivity contribution is -0.385. The van der Waals surface area contributed by atoms with Crippen molar-refractivity contribution in [3.8, 4) is 11.5 Å². The number of carboxylic acids is 1. The quantitative estimate of drug-likeness (QED) is 0.543. The normalized spacial score (nSPS) is 10.0. The molecule has 0 heterocycles. The molecule has 0 saturated carbocycles. The molecule has 2 aromatic rings. The zero-order valence-corrected chi connectivity index (χ0v) is 12.1. The van der Waals surface area contributed by atoms with E-state index in [0.29, 0.717) is 0 Å². The molecule has 1 amide bonds. The zero-order valence-electron chi connectivity index (χ0n) is 12.1. The molecule has 124 valence electrons. The van der Waals surface area contributed by atoms with Crippen molar-refractivity contribution in [1.82, 2.24) is 0 Å². The number of para-hydroxylation sites is 2. The Bertz CT molecular complexity index is 804. The summed E-state index contributed by atoms with van der Waals surface area (Å²) in [5, 5.41) is 31.6. The van der Waals surface area contributed by atoms with Crippen molar-refractivity contribution in [3.05, 3.63) is 58.1 Å². The summed E-state index contributed by atoms with van der Waals surface area (Å²) < 4.78 is 5.11. The van der Waals surface area contributed by atoms with Crippen molar-refractivity contribution in [1.29, 1.82) is 0 Å². The van der Waals surface area contributed by atoms with Gasteiger partial charge in [-0.2, -0.15) is 0 Å². The Balaban J connectivity index is 2.01. The highest BCUT2D eigenvalue weighted by molar-refractivity contribution is 5.95. The monoisotopic (exact) mass is 332 g/mol. The van der Waals surface area contributed by atoms with Crippen molar-refractivity contribution in [3.63, 3.8) is 0 Å². The number of hydrogen-bond acceptors (Lipinski definition) is 6. The van der Waals surface area contributed by atoms with Gasteiger partial charge in [-0.05, 0) is 18.2 Å². The molecule has 0 spiro atoms. The molecule has 0 aliphatic heterocycles. The van der Waals surface area contributed by atoms with Gasteiger partial charge in [0.05, 0.1) is 4.92 Å². The number of amides is 1. The number of ether oxygens (including phenoxy) is 1. The summed E-state index contributed by atoms with van der Waals surface area (Å²) in [5.41, 5.74) is -0.411. The maximum atomic E-state index is 11.8. The number of nitro benzene ring substituents is 1. The minimum absolute atomic E-state index is 0.0540. The molecule has 0 aromatic heterocycles. The van der Waals surface area contributed by atoms with Gasteiger partial charge in [0.25, 0.3) is 5.91 Å². The number of nitro groups is 1. The minimum atomic E-state index is -1.30. The average molecular weight is 332 g/mol. The molecule has 2 rings (SSSR count). The molecule has 0 atom stereocenters. The number of hydrogen-bond donors (Lipinski definition) is 3. The van der Waals surface area contributed by atoms with Gasteiger partial charge in [-0.15, -0.1) is 0 Å². The van der Waals surface area contributed by atoms with Crippen molar-refractivity contribution < 1.29 is 29.5 Å². The van der Waals surface area contributed by atoms with Crippen molar-refractivity contribution in [2.75, 3.05) is 11.9 Å². The number of nitrogens with zero attached hydrogens (tertiary/aromatic N) is 1. The first-order chi connectivity index (χ1) is 11.4. The fraction of sp³-hybridized carbons (Fsp3) is 0.0667. The van der Waals surface area contributed by atoms with Crippen molar-refractivity contribution in [2.45, 2.75) is 0 Å². The van der Waals surface area contributed by atoms with Crippen LogP contribution in [0.25, 0.3) is 0 Å². The van der Waals surface area contributed by atoms with E-state index < -0.39 is 29.2 Å². The maximum absolute atomic E-state index is 11.8. The minimum Gasteiger partial charge on any atom is -0.507 e. The third kappa shape index (κ3) is 3.97. The summed E-state index contributed by atoms with van der Waals surface area (Å²) in [6.07, 6.45) is 0. The first-order valence-electron chi connectivity index (χ1n) is 6.61. The smallest absolute Gasteiger partial charge is 0.339 e. The number of carbonyl (C=O) groups excluding carboxylic acids is 1. The van der Waals surface area contributed by atoms with Gasteiger partial charge in [-0.3, -0.25) is 14.9 Å². The lowest BCUT2D eigenvalue weighted by Crippen LogP contribution is -2.20. The maximum Gasteiger partial charge on any atom is 0.339 e. The summed E-state index contributed by atoms with van der Waals surface area (Å²) in [6, 6.07) is 9.12. The molecule has 0 radical (unpaired) electrons. The van der Waals surface area contributed by atoms with Gasteiger partial charge in [-0.25, -0.2) is 4.79 Å². The van der Waals surface area contributed by atoms with Crippen LogP contribution in [0.3, 0.4) is 0 Å². The zero-order chi connectivity index (χ0) is 17.7. The number of aromatic hydroxyl groups is 1. The number of carbonyl (C=O) groups is 2. The number of rotatable bonds is 6. The Morgan fingerprint density at radius 1 is 1.21 bits per heavy atom. The van der Waals surface area contributed by atoms with Crippen LogP contribution in [0.15, 0.2) is 42.5 Å². The van der Waals surface area contributed by atoms with Crippen molar-refractivity contribution >= 4 is 23.3 Å². The second-order valence-electron chi connectivity index (χ2n) is 4.60. The fourth-order valence-electron chi connectivity index (χ4n) is 1.86. The predicted molar refractivity (Wildman–Crippen MR) is 82.3 cm³/mol. The molecule has 9 heteroatoms. The van der Waals surface area contributed by atoms with E-state index in [4.69, 9.17) is 9.84 Å². The largest absolute Gasteiger partial charge is 0.507 e.